The van der Waals surface area contributed by atoms with E-state index in [0.717, 1.165) is 57.5 Å². The van der Waals surface area contributed by atoms with Crippen LogP contribution in [-0.2, 0) is 9.47 Å². The van der Waals surface area contributed by atoms with Gasteiger partial charge in [0, 0.05) is 31.3 Å². The summed E-state index contributed by atoms with van der Waals surface area (Å²) in [5.41, 5.74) is 0. The molecule has 1 aromatic carbocycles. The molecule has 154 valence electrons. The largest absolute Gasteiger partial charge is 0.489 e. The van der Waals surface area contributed by atoms with Gasteiger partial charge in [0.25, 0.3) is 0 Å². The lowest BCUT2D eigenvalue weighted by Gasteiger charge is -2.15. The van der Waals surface area contributed by atoms with Crippen LogP contribution in [-0.4, -0.2) is 57.6 Å². The maximum absolute atomic E-state index is 5.88. The van der Waals surface area contributed by atoms with Gasteiger partial charge in [-0.25, -0.2) is 4.99 Å². The number of guanidine groups is 1. The molecular weight excluding hydrogens is 481 g/mol. The quantitative estimate of drug-likeness (QED) is 0.218. The smallest absolute Gasteiger partial charge is 0.191 e. The van der Waals surface area contributed by atoms with Gasteiger partial charge in [-0.3, -0.25) is 0 Å². The van der Waals surface area contributed by atoms with Crippen LogP contribution >= 0.6 is 35.6 Å². The van der Waals surface area contributed by atoms with E-state index in [0.29, 0.717) is 11.6 Å². The topological polar surface area (TPSA) is 64.1 Å². The molecule has 0 bridgehead atoms. The molecule has 0 aromatic heterocycles. The number of aliphatic imine (C=N–C) groups is 1. The van der Waals surface area contributed by atoms with Crippen molar-refractivity contribution in [1.29, 1.82) is 0 Å². The molecule has 6 nitrogen and oxygen atoms in total. The van der Waals surface area contributed by atoms with Crippen molar-refractivity contribution in [1.82, 2.24) is 10.6 Å². The molecule has 0 amide bonds. The highest BCUT2D eigenvalue weighted by Crippen LogP contribution is 2.16. The van der Waals surface area contributed by atoms with Crippen molar-refractivity contribution in [3.8, 4) is 5.75 Å². The number of nitrogens with one attached hydrogen (secondary N) is 2. The molecule has 0 spiro atoms. The summed E-state index contributed by atoms with van der Waals surface area (Å²) >= 11 is 5.88. The third-order valence-corrected chi connectivity index (χ3v) is 4.11. The number of rotatable bonds is 10. The van der Waals surface area contributed by atoms with Crippen LogP contribution < -0.4 is 15.4 Å². The lowest BCUT2D eigenvalue weighted by atomic mass is 10.3. The first-order chi connectivity index (χ1) is 12.7. The standard InChI is InChI=1S/C19H30ClN3O3.HI/c1-3-21-19(22-10-4-11-25-18-9-12-24-14-18)23-13-15(2)26-17-7-5-16(20)6-8-17;/h5-8,15,18H,3-4,9-14H2,1-2H3,(H2,21,22,23);1H. The predicted molar refractivity (Wildman–Crippen MR) is 121 cm³/mol. The van der Waals surface area contributed by atoms with Gasteiger partial charge < -0.3 is 24.8 Å². The lowest BCUT2D eigenvalue weighted by molar-refractivity contribution is 0.0420. The highest BCUT2D eigenvalue weighted by Gasteiger charge is 2.15. The van der Waals surface area contributed by atoms with Crippen LogP contribution in [0, 0.1) is 0 Å². The maximum atomic E-state index is 5.88. The van der Waals surface area contributed by atoms with E-state index in [2.05, 4.69) is 15.6 Å². The maximum Gasteiger partial charge on any atom is 0.191 e. The van der Waals surface area contributed by atoms with Gasteiger partial charge in [0.2, 0.25) is 0 Å². The van der Waals surface area contributed by atoms with Crippen LogP contribution in [0.5, 0.6) is 5.75 Å². The summed E-state index contributed by atoms with van der Waals surface area (Å²) in [5, 5.41) is 7.27. The summed E-state index contributed by atoms with van der Waals surface area (Å²) in [6.07, 6.45) is 2.17. The van der Waals surface area contributed by atoms with Crippen molar-refractivity contribution < 1.29 is 14.2 Å². The summed E-state index contributed by atoms with van der Waals surface area (Å²) < 4.78 is 16.9. The summed E-state index contributed by atoms with van der Waals surface area (Å²) in [7, 11) is 0. The number of hydrogen-bond acceptors (Lipinski definition) is 4. The van der Waals surface area contributed by atoms with Crippen LogP contribution in [0.1, 0.15) is 26.7 Å². The van der Waals surface area contributed by atoms with E-state index < -0.39 is 0 Å². The van der Waals surface area contributed by atoms with Crippen molar-refractivity contribution >= 4 is 41.5 Å². The summed E-state index contributed by atoms with van der Waals surface area (Å²) in [6, 6.07) is 7.36. The van der Waals surface area contributed by atoms with Crippen LogP contribution in [0.2, 0.25) is 5.02 Å². The molecule has 0 radical (unpaired) electrons. The minimum atomic E-state index is -0.0302. The summed E-state index contributed by atoms with van der Waals surface area (Å²) in [5.74, 6) is 1.59. The Balaban J connectivity index is 0.00000364. The molecule has 2 rings (SSSR count). The average Bonchev–Trinajstić information content (AvgIpc) is 3.15. The molecule has 1 aromatic rings. The highest BCUT2D eigenvalue weighted by molar-refractivity contribution is 14.0. The summed E-state index contributed by atoms with van der Waals surface area (Å²) in [6.45, 7) is 8.51. The molecule has 1 heterocycles. The molecular formula is C19H31ClIN3O3. The normalized spacial score (nSPS) is 17.9. The molecule has 0 saturated carbocycles. The van der Waals surface area contributed by atoms with E-state index in [4.69, 9.17) is 25.8 Å². The minimum absolute atomic E-state index is 0. The molecule has 27 heavy (non-hydrogen) atoms. The predicted octanol–water partition coefficient (Wildman–Crippen LogP) is 3.48. The van der Waals surface area contributed by atoms with Gasteiger partial charge in [-0.05, 0) is 51.0 Å². The van der Waals surface area contributed by atoms with Crippen LogP contribution in [0.3, 0.4) is 0 Å². The number of halogens is 2. The van der Waals surface area contributed by atoms with Gasteiger partial charge in [0.1, 0.15) is 11.9 Å². The van der Waals surface area contributed by atoms with Gasteiger partial charge in [0.15, 0.2) is 5.96 Å². The first-order valence-electron chi connectivity index (χ1n) is 9.31. The fraction of sp³-hybridized carbons (Fsp3) is 0.632. The van der Waals surface area contributed by atoms with Gasteiger partial charge in [-0.1, -0.05) is 11.6 Å². The van der Waals surface area contributed by atoms with Crippen LogP contribution in [0.15, 0.2) is 29.3 Å². The monoisotopic (exact) mass is 511 g/mol. The van der Waals surface area contributed by atoms with E-state index in [1.54, 1.807) is 0 Å². The van der Waals surface area contributed by atoms with E-state index in [1.165, 1.54) is 0 Å². The first-order valence-corrected chi connectivity index (χ1v) is 9.69. The van der Waals surface area contributed by atoms with Crippen molar-refractivity contribution in [2.24, 2.45) is 4.99 Å². The Bertz CT molecular complexity index is 540. The van der Waals surface area contributed by atoms with E-state index in [-0.39, 0.29) is 36.2 Å². The number of hydrogen-bond donors (Lipinski definition) is 2. The minimum Gasteiger partial charge on any atom is -0.489 e. The summed E-state index contributed by atoms with van der Waals surface area (Å²) in [4.78, 5) is 4.58. The Labute approximate surface area is 184 Å². The Morgan fingerprint density at radius 1 is 1.33 bits per heavy atom. The molecule has 1 fully saturated rings. The number of benzene rings is 1. The van der Waals surface area contributed by atoms with Crippen molar-refractivity contribution in [2.45, 2.75) is 38.9 Å². The van der Waals surface area contributed by atoms with Crippen molar-refractivity contribution in [3.05, 3.63) is 29.3 Å². The lowest BCUT2D eigenvalue weighted by Crippen LogP contribution is -2.39. The number of nitrogens with zero attached hydrogens (tertiary/aromatic N) is 1. The van der Waals surface area contributed by atoms with E-state index in [9.17, 15) is 0 Å². The molecule has 2 N–H and O–H groups in total. The molecule has 1 aliphatic heterocycles. The molecule has 2 unspecified atom stereocenters. The Morgan fingerprint density at radius 2 is 2.11 bits per heavy atom. The second kappa shape index (κ2) is 14.3. The van der Waals surface area contributed by atoms with E-state index >= 15 is 0 Å². The number of ether oxygens (including phenoxy) is 3. The van der Waals surface area contributed by atoms with Gasteiger partial charge in [-0.15, -0.1) is 24.0 Å². The van der Waals surface area contributed by atoms with Crippen LogP contribution in [0.4, 0.5) is 0 Å². The van der Waals surface area contributed by atoms with Crippen LogP contribution in [0.25, 0.3) is 0 Å². The zero-order chi connectivity index (χ0) is 18.6. The third kappa shape index (κ3) is 10.4. The zero-order valence-corrected chi connectivity index (χ0v) is 19.2. The van der Waals surface area contributed by atoms with Gasteiger partial charge in [0.05, 0.1) is 19.3 Å². The van der Waals surface area contributed by atoms with Gasteiger partial charge >= 0.3 is 0 Å². The zero-order valence-electron chi connectivity index (χ0n) is 16.1. The molecule has 1 aliphatic rings. The highest BCUT2D eigenvalue weighted by atomic mass is 127. The van der Waals surface area contributed by atoms with E-state index in [1.807, 2.05) is 38.1 Å². The van der Waals surface area contributed by atoms with Crippen molar-refractivity contribution in [3.63, 3.8) is 0 Å². The SMILES string of the molecule is CCNC(=NCC(C)Oc1ccc(Cl)cc1)NCCCOC1CCOC1.I. The molecule has 1 saturated heterocycles. The fourth-order valence-corrected chi connectivity index (χ4v) is 2.64. The average molecular weight is 512 g/mol. The Kier molecular flexibility index (Phi) is 12.8. The Hall–Kier alpha value is -0.770. The van der Waals surface area contributed by atoms with Gasteiger partial charge in [-0.2, -0.15) is 0 Å². The van der Waals surface area contributed by atoms with Crippen molar-refractivity contribution in [2.75, 3.05) is 39.5 Å². The molecule has 2 atom stereocenters. The third-order valence-electron chi connectivity index (χ3n) is 3.86. The Morgan fingerprint density at radius 3 is 2.78 bits per heavy atom. The molecule has 0 aliphatic carbocycles. The fourth-order valence-electron chi connectivity index (χ4n) is 2.52. The second-order valence-electron chi connectivity index (χ2n) is 6.24. The molecule has 8 heteroatoms. The first kappa shape index (κ1) is 24.3. The second-order valence-corrected chi connectivity index (χ2v) is 6.68.